The van der Waals surface area contributed by atoms with Crippen molar-refractivity contribution in [3.63, 3.8) is 0 Å². The molecule has 0 radical (unpaired) electrons. The molecule has 0 N–H and O–H groups in total. The molecule has 1 atom stereocenters. The third-order valence-corrected chi connectivity index (χ3v) is 3.14. The smallest absolute Gasteiger partial charge is 0.493 e. The van der Waals surface area contributed by atoms with Crippen LogP contribution in [0.25, 0.3) is 0 Å². The van der Waals surface area contributed by atoms with Crippen LogP contribution in [0.1, 0.15) is 23.2 Å². The summed E-state index contributed by atoms with van der Waals surface area (Å²) in [6.45, 7) is 0.296. The average Bonchev–Trinajstić information content (AvgIpc) is 2.50. The number of ether oxygens (including phenoxy) is 1. The molecular weight excluding hydrogens is 285 g/mol. The van der Waals surface area contributed by atoms with Gasteiger partial charge in [-0.2, -0.15) is 13.2 Å². The Morgan fingerprint density at radius 3 is 2.74 bits per heavy atom. The van der Waals surface area contributed by atoms with Crippen LogP contribution >= 0.6 is 0 Å². The average molecular weight is 294 g/mol. The van der Waals surface area contributed by atoms with Gasteiger partial charge in [0, 0.05) is 12.5 Å². The van der Waals surface area contributed by atoms with Gasteiger partial charge in [0.1, 0.15) is 11.5 Å². The number of rotatable bonds is 2. The molecule has 1 aromatic rings. The zero-order valence-electron chi connectivity index (χ0n) is 9.53. The fourth-order valence-corrected chi connectivity index (χ4v) is 1.96. The van der Waals surface area contributed by atoms with Crippen molar-refractivity contribution in [2.24, 2.45) is 0 Å². The van der Waals surface area contributed by atoms with Crippen molar-refractivity contribution in [2.75, 3.05) is 6.61 Å². The van der Waals surface area contributed by atoms with Crippen LogP contribution in [-0.2, 0) is 11.1 Å². The minimum absolute atomic E-state index is 0.143. The Balaban J connectivity index is 2.24. The van der Waals surface area contributed by atoms with Crippen molar-refractivity contribution in [3.05, 3.63) is 23.8 Å². The first-order valence-corrected chi connectivity index (χ1v) is 6.42. The highest BCUT2D eigenvalue weighted by molar-refractivity contribution is 7.81. The summed E-state index contributed by atoms with van der Waals surface area (Å²) in [4.78, 5) is 11.6. The van der Waals surface area contributed by atoms with E-state index in [0.29, 0.717) is 25.0 Å². The Bertz CT molecular complexity index is 527. The Kier molecular flexibility index (Phi) is 3.79. The van der Waals surface area contributed by atoms with Crippen LogP contribution in [0.15, 0.2) is 18.2 Å². The number of ketones is 1. The highest BCUT2D eigenvalue weighted by Crippen LogP contribution is 2.30. The second-order valence-corrected chi connectivity index (χ2v) is 4.90. The predicted molar refractivity (Wildman–Crippen MR) is 60.3 cm³/mol. The molecule has 4 nitrogen and oxygen atoms in total. The Hall–Kier alpha value is -1.57. The number of hydrogen-bond acceptors (Lipinski definition) is 4. The maximum atomic E-state index is 12.1. The second kappa shape index (κ2) is 5.20. The van der Waals surface area contributed by atoms with Crippen LogP contribution in [0, 0.1) is 0 Å². The number of carbonyl (C=O) groups excluding carboxylic acids is 1. The minimum atomic E-state index is -4.95. The van der Waals surface area contributed by atoms with Crippen LogP contribution in [0.3, 0.4) is 0 Å². The summed E-state index contributed by atoms with van der Waals surface area (Å²) in [5.74, 6) is -0.251. The van der Waals surface area contributed by atoms with Crippen molar-refractivity contribution in [3.8, 4) is 11.5 Å². The first-order valence-electron chi connectivity index (χ1n) is 5.35. The molecule has 8 heteroatoms. The number of fused-ring (bicyclic) bond motifs is 1. The van der Waals surface area contributed by atoms with E-state index in [1.165, 1.54) is 6.07 Å². The van der Waals surface area contributed by atoms with Gasteiger partial charge < -0.3 is 8.92 Å². The Morgan fingerprint density at radius 2 is 2.05 bits per heavy atom. The molecule has 0 amide bonds. The van der Waals surface area contributed by atoms with E-state index in [-0.39, 0.29) is 17.3 Å². The number of alkyl halides is 3. The quantitative estimate of drug-likeness (QED) is 0.841. The summed E-state index contributed by atoms with van der Waals surface area (Å²) in [5.41, 5.74) is -4.66. The number of Topliss-reactive ketones (excluding diaryl/α,β-unsaturated/α-hetero) is 1. The molecule has 0 saturated carbocycles. The fraction of sp³-hybridized carbons (Fsp3) is 0.364. The van der Waals surface area contributed by atoms with Gasteiger partial charge in [0.05, 0.1) is 12.2 Å². The lowest BCUT2D eigenvalue weighted by atomic mass is 10.1. The SMILES string of the molecule is O=C1CCCOc2cc(OS(=O)C(F)(F)F)ccc21. The molecule has 1 unspecified atom stereocenters. The molecule has 1 aliphatic rings. The molecule has 0 aromatic heterocycles. The third kappa shape index (κ3) is 3.25. The number of carbonyl (C=O) groups is 1. The highest BCUT2D eigenvalue weighted by atomic mass is 32.2. The van der Waals surface area contributed by atoms with Crippen LogP contribution in [0.4, 0.5) is 13.2 Å². The summed E-state index contributed by atoms with van der Waals surface area (Å²) in [5, 5.41) is 0. The largest absolute Gasteiger partial charge is 0.508 e. The van der Waals surface area contributed by atoms with Gasteiger partial charge in [-0.05, 0) is 18.6 Å². The zero-order chi connectivity index (χ0) is 14.0. The molecule has 1 aliphatic heterocycles. The van der Waals surface area contributed by atoms with Crippen molar-refractivity contribution in [2.45, 2.75) is 18.3 Å². The van der Waals surface area contributed by atoms with Crippen LogP contribution in [-0.4, -0.2) is 22.1 Å². The van der Waals surface area contributed by atoms with E-state index in [4.69, 9.17) is 4.74 Å². The van der Waals surface area contributed by atoms with E-state index in [1.807, 2.05) is 0 Å². The molecule has 2 rings (SSSR count). The van der Waals surface area contributed by atoms with Gasteiger partial charge >= 0.3 is 16.6 Å². The van der Waals surface area contributed by atoms with Gasteiger partial charge in [0.25, 0.3) is 0 Å². The maximum absolute atomic E-state index is 12.1. The van der Waals surface area contributed by atoms with Gasteiger partial charge in [-0.25, -0.2) is 4.21 Å². The van der Waals surface area contributed by atoms with Crippen LogP contribution < -0.4 is 8.92 Å². The monoisotopic (exact) mass is 294 g/mol. The van der Waals surface area contributed by atoms with Crippen molar-refractivity contribution in [1.82, 2.24) is 0 Å². The molecule has 0 saturated heterocycles. The van der Waals surface area contributed by atoms with Crippen molar-refractivity contribution >= 4 is 16.9 Å². The number of halogens is 3. The van der Waals surface area contributed by atoms with Crippen molar-refractivity contribution < 1.29 is 31.1 Å². The molecule has 0 fully saturated rings. The van der Waals surface area contributed by atoms with E-state index < -0.39 is 16.6 Å². The van der Waals surface area contributed by atoms with Gasteiger partial charge in [-0.15, -0.1) is 0 Å². The first kappa shape index (κ1) is 13.9. The molecule has 0 spiro atoms. The zero-order valence-corrected chi connectivity index (χ0v) is 10.3. The molecule has 104 valence electrons. The fourth-order valence-electron chi connectivity index (χ4n) is 1.59. The Morgan fingerprint density at radius 1 is 1.32 bits per heavy atom. The number of benzene rings is 1. The van der Waals surface area contributed by atoms with Gasteiger partial charge in [-0.1, -0.05) is 0 Å². The van der Waals surface area contributed by atoms with Crippen LogP contribution in [0.2, 0.25) is 0 Å². The molecule has 0 aliphatic carbocycles. The Labute approximate surface area is 109 Å². The molecule has 19 heavy (non-hydrogen) atoms. The predicted octanol–water partition coefficient (Wildman–Crippen LogP) is 2.60. The van der Waals surface area contributed by atoms with E-state index >= 15 is 0 Å². The molecule has 0 bridgehead atoms. The van der Waals surface area contributed by atoms with E-state index in [0.717, 1.165) is 12.1 Å². The van der Waals surface area contributed by atoms with E-state index in [9.17, 15) is 22.2 Å². The third-order valence-electron chi connectivity index (χ3n) is 2.42. The minimum Gasteiger partial charge on any atom is -0.493 e. The van der Waals surface area contributed by atoms with Crippen molar-refractivity contribution in [1.29, 1.82) is 0 Å². The van der Waals surface area contributed by atoms with E-state index in [2.05, 4.69) is 4.18 Å². The normalized spacial score (nSPS) is 17.1. The molecule has 1 aromatic carbocycles. The lowest BCUT2D eigenvalue weighted by Crippen LogP contribution is -2.21. The summed E-state index contributed by atoms with van der Waals surface area (Å²) < 4.78 is 56.6. The summed E-state index contributed by atoms with van der Waals surface area (Å²) in [6, 6.07) is 3.61. The summed E-state index contributed by atoms with van der Waals surface area (Å²) >= 11 is -3.44. The standard InChI is InChI=1S/C11H9F3O4S/c12-11(13,14)19(16)18-7-3-4-8-9(15)2-1-5-17-10(8)6-7/h3-4,6H,1-2,5H2. The number of hydrogen-bond donors (Lipinski definition) is 0. The lowest BCUT2D eigenvalue weighted by molar-refractivity contribution is -0.0437. The van der Waals surface area contributed by atoms with Gasteiger partial charge in [0.15, 0.2) is 5.78 Å². The van der Waals surface area contributed by atoms with Gasteiger partial charge in [0.2, 0.25) is 0 Å². The molecular formula is C11H9F3O4S. The highest BCUT2D eigenvalue weighted by Gasteiger charge is 2.40. The lowest BCUT2D eigenvalue weighted by Gasteiger charge is -2.10. The first-order chi connectivity index (χ1) is 8.88. The maximum Gasteiger partial charge on any atom is 0.508 e. The van der Waals surface area contributed by atoms with E-state index in [1.54, 1.807) is 0 Å². The summed E-state index contributed by atoms with van der Waals surface area (Å²) in [6.07, 6.45) is 0.861. The second-order valence-electron chi connectivity index (χ2n) is 3.80. The van der Waals surface area contributed by atoms with Crippen LogP contribution in [0.5, 0.6) is 11.5 Å². The topological polar surface area (TPSA) is 52.6 Å². The molecule has 1 heterocycles. The summed E-state index contributed by atoms with van der Waals surface area (Å²) in [7, 11) is 0. The van der Waals surface area contributed by atoms with Gasteiger partial charge in [-0.3, -0.25) is 4.79 Å².